The highest BCUT2D eigenvalue weighted by Gasteiger charge is 2.18. The molecule has 3 rings (SSSR count). The molecule has 6 nitrogen and oxygen atoms in total. The van der Waals surface area contributed by atoms with E-state index in [1.54, 1.807) is 36.0 Å². The lowest BCUT2D eigenvalue weighted by molar-refractivity contribution is 0.0931. The van der Waals surface area contributed by atoms with Gasteiger partial charge in [0.1, 0.15) is 17.0 Å². The third-order valence-electron chi connectivity index (χ3n) is 3.93. The Morgan fingerprint density at radius 2 is 2.18 bits per heavy atom. The van der Waals surface area contributed by atoms with E-state index >= 15 is 0 Å². The molecular formula is C16H18N4O2. The molecule has 0 aliphatic rings. The van der Waals surface area contributed by atoms with Crippen LogP contribution in [0.5, 0.6) is 0 Å². The van der Waals surface area contributed by atoms with E-state index in [1.807, 2.05) is 19.9 Å². The van der Waals surface area contributed by atoms with Gasteiger partial charge in [0.25, 0.3) is 11.5 Å². The van der Waals surface area contributed by atoms with Crippen LogP contribution in [0.2, 0.25) is 0 Å². The number of nitrogens with zero attached hydrogens (tertiary/aromatic N) is 3. The molecule has 1 atom stereocenters. The SMILES string of the molecule is CC[C@@H](C)NC(=O)c1cc2c(=O)n3ccccc3nc2n1C. The lowest BCUT2D eigenvalue weighted by Crippen LogP contribution is -2.33. The van der Waals surface area contributed by atoms with Gasteiger partial charge in [0.15, 0.2) is 0 Å². The number of carbonyl (C=O) groups is 1. The third kappa shape index (κ3) is 2.16. The molecule has 0 fully saturated rings. The van der Waals surface area contributed by atoms with Crippen LogP contribution in [0, 0.1) is 0 Å². The van der Waals surface area contributed by atoms with Crippen molar-refractivity contribution in [3.05, 3.63) is 46.5 Å². The Labute approximate surface area is 127 Å². The second kappa shape index (κ2) is 5.29. The molecule has 6 heteroatoms. The predicted octanol–water partition coefficient (Wildman–Crippen LogP) is 1.71. The summed E-state index contributed by atoms with van der Waals surface area (Å²) in [5, 5.41) is 3.36. The number of aryl methyl sites for hydroxylation is 1. The average Bonchev–Trinajstić information content (AvgIpc) is 2.85. The predicted molar refractivity (Wildman–Crippen MR) is 85.2 cm³/mol. The van der Waals surface area contributed by atoms with Crippen molar-refractivity contribution in [1.82, 2.24) is 19.3 Å². The van der Waals surface area contributed by atoms with Gasteiger partial charge in [-0.15, -0.1) is 0 Å². The summed E-state index contributed by atoms with van der Waals surface area (Å²) in [4.78, 5) is 29.4. The Balaban J connectivity index is 2.20. The van der Waals surface area contributed by atoms with E-state index in [2.05, 4.69) is 10.3 Å². The topological polar surface area (TPSA) is 68.4 Å². The molecule has 3 aromatic rings. The molecule has 114 valence electrons. The van der Waals surface area contributed by atoms with Gasteiger partial charge in [-0.3, -0.25) is 14.0 Å². The summed E-state index contributed by atoms with van der Waals surface area (Å²) in [7, 11) is 1.75. The van der Waals surface area contributed by atoms with Crippen LogP contribution in [0.3, 0.4) is 0 Å². The maximum Gasteiger partial charge on any atom is 0.268 e. The fraction of sp³-hybridized carbons (Fsp3) is 0.312. The van der Waals surface area contributed by atoms with Crippen LogP contribution in [0.4, 0.5) is 0 Å². The summed E-state index contributed by atoms with van der Waals surface area (Å²) in [6.45, 7) is 3.95. The summed E-state index contributed by atoms with van der Waals surface area (Å²) in [6, 6.07) is 7.07. The maximum absolute atomic E-state index is 12.5. The second-order valence-corrected chi connectivity index (χ2v) is 5.45. The lowest BCUT2D eigenvalue weighted by atomic mass is 10.2. The van der Waals surface area contributed by atoms with E-state index < -0.39 is 0 Å². The second-order valence-electron chi connectivity index (χ2n) is 5.45. The first-order valence-electron chi connectivity index (χ1n) is 7.30. The molecule has 3 heterocycles. The van der Waals surface area contributed by atoms with E-state index in [1.165, 1.54) is 4.40 Å². The fourth-order valence-electron chi connectivity index (χ4n) is 2.44. The van der Waals surface area contributed by atoms with E-state index in [0.717, 1.165) is 6.42 Å². The molecule has 0 aromatic carbocycles. The molecule has 3 aromatic heterocycles. The summed E-state index contributed by atoms with van der Waals surface area (Å²) < 4.78 is 3.15. The smallest absolute Gasteiger partial charge is 0.268 e. The molecule has 0 aliphatic carbocycles. The molecule has 0 unspecified atom stereocenters. The number of hydrogen-bond donors (Lipinski definition) is 1. The van der Waals surface area contributed by atoms with Crippen LogP contribution < -0.4 is 10.9 Å². The average molecular weight is 298 g/mol. The zero-order valence-electron chi connectivity index (χ0n) is 12.8. The first kappa shape index (κ1) is 14.3. The van der Waals surface area contributed by atoms with Crippen LogP contribution in [-0.2, 0) is 7.05 Å². The van der Waals surface area contributed by atoms with Gasteiger partial charge in [0.2, 0.25) is 0 Å². The van der Waals surface area contributed by atoms with Crippen LogP contribution >= 0.6 is 0 Å². The van der Waals surface area contributed by atoms with Gasteiger partial charge in [0.05, 0.1) is 5.39 Å². The van der Waals surface area contributed by atoms with Gasteiger partial charge in [-0.25, -0.2) is 4.98 Å². The molecular weight excluding hydrogens is 280 g/mol. The summed E-state index contributed by atoms with van der Waals surface area (Å²) >= 11 is 0. The molecule has 1 N–H and O–H groups in total. The zero-order chi connectivity index (χ0) is 15.9. The number of carbonyl (C=O) groups excluding carboxylic acids is 1. The normalized spacial score (nSPS) is 12.7. The van der Waals surface area contributed by atoms with Gasteiger partial charge in [-0.2, -0.15) is 0 Å². The number of fused-ring (bicyclic) bond motifs is 2. The van der Waals surface area contributed by atoms with E-state index in [9.17, 15) is 9.59 Å². The molecule has 0 saturated heterocycles. The lowest BCUT2D eigenvalue weighted by Gasteiger charge is -2.11. The molecule has 0 radical (unpaired) electrons. The van der Waals surface area contributed by atoms with Gasteiger partial charge >= 0.3 is 0 Å². The van der Waals surface area contributed by atoms with E-state index in [4.69, 9.17) is 0 Å². The molecule has 0 spiro atoms. The third-order valence-corrected chi connectivity index (χ3v) is 3.93. The number of pyridine rings is 1. The standard InChI is InChI=1S/C16H18N4O2/c1-4-10(2)17-15(21)12-9-11-14(19(12)3)18-13-7-5-6-8-20(13)16(11)22/h5-10H,4H2,1-3H3,(H,17,21)/t10-/m1/s1. The Morgan fingerprint density at radius 3 is 2.91 bits per heavy atom. The van der Waals surface area contributed by atoms with Crippen molar-refractivity contribution in [3.63, 3.8) is 0 Å². The highest BCUT2D eigenvalue weighted by Crippen LogP contribution is 2.15. The van der Waals surface area contributed by atoms with Crippen molar-refractivity contribution in [2.75, 3.05) is 0 Å². The Kier molecular flexibility index (Phi) is 3.44. The fourth-order valence-corrected chi connectivity index (χ4v) is 2.44. The summed E-state index contributed by atoms with van der Waals surface area (Å²) in [6.07, 6.45) is 2.52. The van der Waals surface area contributed by atoms with Crippen LogP contribution in [0.15, 0.2) is 35.3 Å². The maximum atomic E-state index is 12.5. The molecule has 0 bridgehead atoms. The van der Waals surface area contributed by atoms with Crippen molar-refractivity contribution in [2.45, 2.75) is 26.3 Å². The number of amides is 1. The first-order chi connectivity index (χ1) is 10.5. The van der Waals surface area contributed by atoms with Crippen LogP contribution in [0.25, 0.3) is 16.7 Å². The van der Waals surface area contributed by atoms with Gasteiger partial charge < -0.3 is 9.88 Å². The van der Waals surface area contributed by atoms with Crippen LogP contribution in [-0.4, -0.2) is 25.9 Å². The molecule has 0 saturated carbocycles. The largest absolute Gasteiger partial charge is 0.348 e. The van der Waals surface area contributed by atoms with Crippen molar-refractivity contribution in [3.8, 4) is 0 Å². The number of rotatable bonds is 3. The minimum atomic E-state index is -0.191. The summed E-state index contributed by atoms with van der Waals surface area (Å²) in [5.74, 6) is -0.191. The Morgan fingerprint density at radius 1 is 1.41 bits per heavy atom. The Hall–Kier alpha value is -2.63. The van der Waals surface area contributed by atoms with Gasteiger partial charge in [-0.05, 0) is 31.5 Å². The zero-order valence-corrected chi connectivity index (χ0v) is 12.8. The molecule has 22 heavy (non-hydrogen) atoms. The highest BCUT2D eigenvalue weighted by molar-refractivity contribution is 5.98. The van der Waals surface area contributed by atoms with Crippen molar-refractivity contribution < 1.29 is 4.79 Å². The minimum absolute atomic E-state index is 0.0821. The van der Waals surface area contributed by atoms with Gasteiger partial charge in [-0.1, -0.05) is 13.0 Å². The number of nitrogens with one attached hydrogen (secondary N) is 1. The summed E-state index contributed by atoms with van der Waals surface area (Å²) in [5.41, 5.74) is 1.36. The Bertz CT molecular complexity index is 923. The van der Waals surface area contributed by atoms with Crippen molar-refractivity contribution in [2.24, 2.45) is 7.05 Å². The minimum Gasteiger partial charge on any atom is -0.348 e. The number of hydrogen-bond acceptors (Lipinski definition) is 3. The number of aromatic nitrogens is 3. The molecule has 0 aliphatic heterocycles. The highest BCUT2D eigenvalue weighted by atomic mass is 16.2. The van der Waals surface area contributed by atoms with Crippen molar-refractivity contribution in [1.29, 1.82) is 0 Å². The van der Waals surface area contributed by atoms with E-state index in [0.29, 0.717) is 22.4 Å². The van der Waals surface area contributed by atoms with Gasteiger partial charge in [0, 0.05) is 19.3 Å². The van der Waals surface area contributed by atoms with Crippen molar-refractivity contribution >= 4 is 22.6 Å². The van der Waals surface area contributed by atoms with E-state index in [-0.39, 0.29) is 17.5 Å². The van der Waals surface area contributed by atoms with Crippen LogP contribution in [0.1, 0.15) is 30.8 Å². The quantitative estimate of drug-likeness (QED) is 0.800. The molecule has 1 amide bonds. The monoisotopic (exact) mass is 298 g/mol. The first-order valence-corrected chi connectivity index (χ1v) is 7.30.